The molecule has 4 heteroatoms. The van der Waals surface area contributed by atoms with Gasteiger partial charge in [-0.15, -0.1) is 0 Å². The number of anilines is 1. The summed E-state index contributed by atoms with van der Waals surface area (Å²) in [5.74, 6) is 0.00660. The third-order valence-electron chi connectivity index (χ3n) is 3.50. The highest BCUT2D eigenvalue weighted by Gasteiger charge is 2.15. The molecule has 2 rings (SSSR count). The Morgan fingerprint density at radius 1 is 1.47 bits per heavy atom. The van der Waals surface area contributed by atoms with E-state index in [1.54, 1.807) is 7.11 Å². The Hall–Kier alpha value is -1.55. The Balaban J connectivity index is 1.99. The normalized spacial score (nSPS) is 14.1. The average molecular weight is 262 g/mol. The zero-order valence-corrected chi connectivity index (χ0v) is 11.7. The molecule has 0 saturated carbocycles. The zero-order chi connectivity index (χ0) is 13.7. The van der Waals surface area contributed by atoms with Crippen LogP contribution in [0.3, 0.4) is 0 Å². The Morgan fingerprint density at radius 2 is 2.32 bits per heavy atom. The van der Waals surface area contributed by atoms with Crippen molar-refractivity contribution in [1.82, 2.24) is 5.32 Å². The molecule has 0 aromatic heterocycles. The molecule has 1 N–H and O–H groups in total. The lowest BCUT2D eigenvalue weighted by atomic mass is 9.99. The van der Waals surface area contributed by atoms with Crippen molar-refractivity contribution in [2.24, 2.45) is 0 Å². The molecule has 1 heterocycles. The molecule has 0 radical (unpaired) electrons. The number of carbonyl (C=O) groups is 1. The summed E-state index contributed by atoms with van der Waals surface area (Å²) in [6.45, 7) is 2.43. The summed E-state index contributed by atoms with van der Waals surface area (Å²) in [5.41, 5.74) is 3.28. The van der Waals surface area contributed by atoms with Crippen LogP contribution in [0.5, 0.6) is 0 Å². The molecule has 1 aliphatic heterocycles. The van der Waals surface area contributed by atoms with Gasteiger partial charge >= 0.3 is 0 Å². The highest BCUT2D eigenvalue weighted by atomic mass is 16.5. The summed E-state index contributed by atoms with van der Waals surface area (Å²) < 4.78 is 4.96. The smallest absolute Gasteiger partial charge is 0.251 e. The molecule has 1 aromatic carbocycles. The summed E-state index contributed by atoms with van der Waals surface area (Å²) in [4.78, 5) is 14.3. The second-order valence-electron chi connectivity index (χ2n) is 4.97. The number of rotatable bonds is 5. The highest BCUT2D eigenvalue weighted by molar-refractivity contribution is 5.95. The molecule has 1 aromatic rings. The van der Waals surface area contributed by atoms with Crippen molar-refractivity contribution in [3.63, 3.8) is 0 Å². The minimum absolute atomic E-state index is 0.00660. The number of hydrogen-bond acceptors (Lipinski definition) is 3. The molecule has 0 atom stereocenters. The van der Waals surface area contributed by atoms with Crippen LogP contribution in [0.2, 0.25) is 0 Å². The molecular weight excluding hydrogens is 240 g/mol. The van der Waals surface area contributed by atoms with Crippen LogP contribution in [0.15, 0.2) is 18.2 Å². The van der Waals surface area contributed by atoms with Crippen molar-refractivity contribution in [2.75, 3.05) is 38.8 Å². The topological polar surface area (TPSA) is 41.6 Å². The summed E-state index contributed by atoms with van der Waals surface area (Å²) in [6, 6.07) is 5.99. The number of nitrogens with one attached hydrogen (secondary N) is 1. The van der Waals surface area contributed by atoms with Crippen molar-refractivity contribution in [3.8, 4) is 0 Å². The molecule has 19 heavy (non-hydrogen) atoms. The quantitative estimate of drug-likeness (QED) is 0.823. The van der Waals surface area contributed by atoms with Gasteiger partial charge in [0.2, 0.25) is 0 Å². The monoisotopic (exact) mass is 262 g/mol. The first-order valence-electron chi connectivity index (χ1n) is 6.83. The van der Waals surface area contributed by atoms with Gasteiger partial charge in [-0.05, 0) is 43.0 Å². The van der Waals surface area contributed by atoms with E-state index in [1.165, 1.54) is 11.3 Å². The van der Waals surface area contributed by atoms with Crippen molar-refractivity contribution < 1.29 is 9.53 Å². The molecule has 0 saturated heterocycles. The van der Waals surface area contributed by atoms with Gasteiger partial charge in [0.15, 0.2) is 0 Å². The molecule has 0 bridgehead atoms. The van der Waals surface area contributed by atoms with Gasteiger partial charge in [-0.3, -0.25) is 4.79 Å². The molecule has 0 aliphatic carbocycles. The number of hydrogen-bond donors (Lipinski definition) is 1. The van der Waals surface area contributed by atoms with E-state index in [-0.39, 0.29) is 5.91 Å². The van der Waals surface area contributed by atoms with Crippen molar-refractivity contribution in [2.45, 2.75) is 19.3 Å². The number of methoxy groups -OCH3 is 1. The fraction of sp³-hybridized carbons (Fsp3) is 0.533. The Bertz CT molecular complexity index is 446. The van der Waals surface area contributed by atoms with E-state index in [4.69, 9.17) is 4.74 Å². The van der Waals surface area contributed by atoms with E-state index in [0.29, 0.717) is 13.2 Å². The van der Waals surface area contributed by atoms with E-state index in [0.717, 1.165) is 31.4 Å². The largest absolute Gasteiger partial charge is 0.385 e. The second-order valence-corrected chi connectivity index (χ2v) is 4.97. The van der Waals surface area contributed by atoms with Gasteiger partial charge in [0.05, 0.1) is 0 Å². The van der Waals surface area contributed by atoms with Crippen LogP contribution in [-0.4, -0.2) is 39.8 Å². The van der Waals surface area contributed by atoms with Crippen LogP contribution in [-0.2, 0) is 11.2 Å². The summed E-state index contributed by atoms with van der Waals surface area (Å²) in [6.07, 6.45) is 3.06. The number of fused-ring (bicyclic) bond motifs is 1. The van der Waals surface area contributed by atoms with Gasteiger partial charge in [0.25, 0.3) is 5.91 Å². The van der Waals surface area contributed by atoms with E-state index in [2.05, 4.69) is 23.3 Å². The lowest BCUT2D eigenvalue weighted by Crippen LogP contribution is -2.27. The third-order valence-corrected chi connectivity index (χ3v) is 3.50. The average Bonchev–Trinajstić information content (AvgIpc) is 2.43. The molecule has 1 aliphatic rings. The van der Waals surface area contributed by atoms with Gasteiger partial charge in [0.1, 0.15) is 0 Å². The lowest BCUT2D eigenvalue weighted by Gasteiger charge is -2.27. The first-order chi connectivity index (χ1) is 9.22. The lowest BCUT2D eigenvalue weighted by molar-refractivity contribution is 0.0948. The molecule has 0 unspecified atom stereocenters. The standard InChI is InChI=1S/C15H22N2O2/c1-17-9-3-5-12-11-13(6-7-14(12)17)15(18)16-8-4-10-19-2/h6-7,11H,3-5,8-10H2,1-2H3,(H,16,18). The SMILES string of the molecule is COCCCNC(=O)c1ccc2c(c1)CCCN2C. The Morgan fingerprint density at radius 3 is 3.11 bits per heavy atom. The Labute approximate surface area is 114 Å². The van der Waals surface area contributed by atoms with E-state index < -0.39 is 0 Å². The van der Waals surface area contributed by atoms with E-state index >= 15 is 0 Å². The number of amides is 1. The van der Waals surface area contributed by atoms with E-state index in [1.807, 2.05) is 12.1 Å². The fourth-order valence-electron chi connectivity index (χ4n) is 2.45. The molecule has 4 nitrogen and oxygen atoms in total. The first kappa shape index (κ1) is 13.9. The fourth-order valence-corrected chi connectivity index (χ4v) is 2.45. The van der Waals surface area contributed by atoms with Crippen LogP contribution in [0.25, 0.3) is 0 Å². The molecule has 1 amide bonds. The van der Waals surface area contributed by atoms with Crippen molar-refractivity contribution in [3.05, 3.63) is 29.3 Å². The van der Waals surface area contributed by atoms with Gasteiger partial charge in [0, 0.05) is 45.1 Å². The summed E-state index contributed by atoms with van der Waals surface area (Å²) in [5, 5.41) is 2.92. The number of benzene rings is 1. The predicted molar refractivity (Wildman–Crippen MR) is 76.9 cm³/mol. The van der Waals surface area contributed by atoms with Crippen molar-refractivity contribution >= 4 is 11.6 Å². The molecule has 0 fully saturated rings. The van der Waals surface area contributed by atoms with Gasteiger partial charge < -0.3 is 15.0 Å². The maximum Gasteiger partial charge on any atom is 0.251 e. The maximum atomic E-state index is 12.0. The van der Waals surface area contributed by atoms with Crippen molar-refractivity contribution in [1.29, 1.82) is 0 Å². The third kappa shape index (κ3) is 3.47. The van der Waals surface area contributed by atoms with E-state index in [9.17, 15) is 4.79 Å². The van der Waals surface area contributed by atoms with Gasteiger partial charge in [-0.1, -0.05) is 0 Å². The maximum absolute atomic E-state index is 12.0. The van der Waals surface area contributed by atoms with Crippen LogP contribution in [0.4, 0.5) is 5.69 Å². The molecule has 104 valence electrons. The molecular formula is C15H22N2O2. The number of aryl methyl sites for hydroxylation is 1. The summed E-state index contributed by atoms with van der Waals surface area (Å²) in [7, 11) is 3.77. The van der Waals surface area contributed by atoms with Gasteiger partial charge in [-0.2, -0.15) is 0 Å². The number of nitrogens with zero attached hydrogens (tertiary/aromatic N) is 1. The van der Waals surface area contributed by atoms with Crippen LogP contribution in [0, 0.1) is 0 Å². The predicted octanol–water partition coefficient (Wildman–Crippen LogP) is 1.84. The minimum atomic E-state index is 0.00660. The van der Waals surface area contributed by atoms with Crippen LogP contribution < -0.4 is 10.2 Å². The first-order valence-corrected chi connectivity index (χ1v) is 6.83. The number of ether oxygens (including phenoxy) is 1. The van der Waals surface area contributed by atoms with Crippen LogP contribution in [0.1, 0.15) is 28.8 Å². The highest BCUT2D eigenvalue weighted by Crippen LogP contribution is 2.26. The van der Waals surface area contributed by atoms with Gasteiger partial charge in [-0.25, -0.2) is 0 Å². The zero-order valence-electron chi connectivity index (χ0n) is 11.7. The van der Waals surface area contributed by atoms with Crippen LogP contribution >= 0.6 is 0 Å². The Kier molecular flexibility index (Phi) is 4.80. The second kappa shape index (κ2) is 6.57. The molecule has 0 spiro atoms. The summed E-state index contributed by atoms with van der Waals surface area (Å²) >= 11 is 0. The minimum Gasteiger partial charge on any atom is -0.385 e. The number of carbonyl (C=O) groups excluding carboxylic acids is 1.